The Morgan fingerprint density at radius 2 is 1.92 bits per heavy atom. The highest BCUT2D eigenvalue weighted by atomic mass is 35.5. The highest BCUT2D eigenvalue weighted by molar-refractivity contribution is 8.00. The fourth-order valence-corrected chi connectivity index (χ4v) is 3.34. The number of nitrogens with one attached hydrogen (secondary N) is 1. The molecule has 2 aromatic carbocycles. The van der Waals surface area contributed by atoms with E-state index in [1.165, 1.54) is 18.9 Å². The molecule has 0 spiro atoms. The van der Waals surface area contributed by atoms with Crippen LogP contribution in [0.4, 0.5) is 0 Å². The van der Waals surface area contributed by atoms with E-state index in [2.05, 4.69) is 5.32 Å². The summed E-state index contributed by atoms with van der Waals surface area (Å²) < 4.78 is 5.20. The summed E-state index contributed by atoms with van der Waals surface area (Å²) in [5.41, 5.74) is -0.373. The van der Waals surface area contributed by atoms with Crippen LogP contribution in [0.1, 0.15) is 18.9 Å². The van der Waals surface area contributed by atoms with Crippen molar-refractivity contribution in [1.82, 2.24) is 5.32 Å². The van der Waals surface area contributed by atoms with Crippen LogP contribution in [0.15, 0.2) is 53.4 Å². The second-order valence-corrected chi connectivity index (χ2v) is 7.41. The van der Waals surface area contributed by atoms with E-state index < -0.39 is 11.5 Å². The minimum atomic E-state index is -1.04. The van der Waals surface area contributed by atoms with Crippen LogP contribution < -0.4 is 10.1 Å². The number of carbonyl (C=O) groups excluding carboxylic acids is 1. The lowest BCUT2D eigenvalue weighted by molar-refractivity contribution is -0.139. The second-order valence-electron chi connectivity index (χ2n) is 5.93. The van der Waals surface area contributed by atoms with Gasteiger partial charge in [0.2, 0.25) is 5.91 Å². The Bertz CT molecular complexity index is 781. The Kier molecular flexibility index (Phi) is 6.94. The van der Waals surface area contributed by atoms with Gasteiger partial charge in [-0.25, -0.2) is 0 Å². The fraction of sp³-hybridized carbons (Fsp3) is 0.263. The first-order chi connectivity index (χ1) is 12.3. The average molecular weight is 394 g/mol. The van der Waals surface area contributed by atoms with Gasteiger partial charge in [-0.05, 0) is 48.9 Å². The predicted molar refractivity (Wildman–Crippen MR) is 103 cm³/mol. The topological polar surface area (TPSA) is 75.6 Å². The molecule has 5 nitrogen and oxygen atoms in total. The normalized spacial score (nSPS) is 12.9. The molecule has 0 bridgehead atoms. The van der Waals surface area contributed by atoms with Gasteiger partial charge in [-0.15, -0.1) is 11.8 Å². The van der Waals surface area contributed by atoms with Crippen molar-refractivity contribution in [3.05, 3.63) is 59.1 Å². The Morgan fingerprint density at radius 1 is 1.23 bits per heavy atom. The number of carboxylic acid groups (broad SMARTS) is 1. The number of amides is 1. The Morgan fingerprint density at radius 3 is 2.54 bits per heavy atom. The van der Waals surface area contributed by atoms with E-state index in [4.69, 9.17) is 16.3 Å². The third-order valence-electron chi connectivity index (χ3n) is 3.81. The van der Waals surface area contributed by atoms with Gasteiger partial charge in [-0.3, -0.25) is 9.59 Å². The van der Waals surface area contributed by atoms with Crippen molar-refractivity contribution in [2.24, 2.45) is 0 Å². The molecule has 2 N–H and O–H groups in total. The van der Waals surface area contributed by atoms with Gasteiger partial charge >= 0.3 is 5.97 Å². The molecule has 0 aromatic heterocycles. The van der Waals surface area contributed by atoms with Crippen LogP contribution in [0.3, 0.4) is 0 Å². The second kappa shape index (κ2) is 8.96. The van der Waals surface area contributed by atoms with Gasteiger partial charge in [0.15, 0.2) is 0 Å². The smallest absolute Gasteiger partial charge is 0.306 e. The summed E-state index contributed by atoms with van der Waals surface area (Å²) in [6.07, 6.45) is -0.239. The number of thioether (sulfide) groups is 1. The molecule has 2 rings (SSSR count). The maximum absolute atomic E-state index is 12.4. The third kappa shape index (κ3) is 5.68. The minimum absolute atomic E-state index is 0.167. The van der Waals surface area contributed by atoms with Crippen molar-refractivity contribution >= 4 is 35.2 Å². The zero-order valence-electron chi connectivity index (χ0n) is 14.5. The van der Waals surface area contributed by atoms with Gasteiger partial charge in [-0.1, -0.05) is 23.7 Å². The maximum Gasteiger partial charge on any atom is 0.306 e. The van der Waals surface area contributed by atoms with Gasteiger partial charge in [0, 0.05) is 9.92 Å². The Labute approximate surface area is 161 Å². The number of ether oxygens (including phenoxy) is 1. The molecular weight excluding hydrogens is 374 g/mol. The van der Waals surface area contributed by atoms with Crippen LogP contribution in [-0.2, 0) is 15.1 Å². The number of hydrogen-bond donors (Lipinski definition) is 2. The van der Waals surface area contributed by atoms with E-state index in [9.17, 15) is 14.7 Å². The molecule has 1 amide bonds. The molecule has 0 aliphatic carbocycles. The molecular formula is C19H20ClNO4S. The summed E-state index contributed by atoms with van der Waals surface area (Å²) in [5.74, 6) is -0.484. The molecule has 138 valence electrons. The predicted octanol–water partition coefficient (Wildman–Crippen LogP) is 3.95. The zero-order chi connectivity index (χ0) is 19.2. The molecule has 26 heavy (non-hydrogen) atoms. The van der Waals surface area contributed by atoms with Crippen LogP contribution in [0.5, 0.6) is 5.75 Å². The molecule has 0 heterocycles. The van der Waals surface area contributed by atoms with Crippen molar-refractivity contribution in [2.45, 2.75) is 23.8 Å². The van der Waals surface area contributed by atoms with E-state index >= 15 is 0 Å². The van der Waals surface area contributed by atoms with Gasteiger partial charge in [0.25, 0.3) is 0 Å². The first-order valence-electron chi connectivity index (χ1n) is 7.88. The quantitative estimate of drug-likeness (QED) is 0.664. The number of methoxy groups -OCH3 is 1. The summed E-state index contributed by atoms with van der Waals surface area (Å²) in [5, 5.41) is 12.8. The molecule has 0 fully saturated rings. The number of rotatable bonds is 8. The molecule has 1 atom stereocenters. The van der Waals surface area contributed by atoms with Gasteiger partial charge < -0.3 is 15.2 Å². The third-order valence-corrected chi connectivity index (χ3v) is 5.07. The van der Waals surface area contributed by atoms with Crippen molar-refractivity contribution in [3.8, 4) is 5.75 Å². The standard InChI is InChI=1S/C19H20ClNO4S/c1-19(11-18(23)24,13-4-3-5-15(10-13)25-2)21-17(22)12-26-16-8-6-14(20)7-9-16/h3-10H,11-12H2,1-2H3,(H,21,22)(H,23,24). The summed E-state index contributed by atoms with van der Waals surface area (Å²) in [4.78, 5) is 24.7. The average Bonchev–Trinajstić information content (AvgIpc) is 2.60. The van der Waals surface area contributed by atoms with E-state index in [1.54, 1.807) is 43.3 Å². The molecule has 0 radical (unpaired) electrons. The van der Waals surface area contributed by atoms with Crippen molar-refractivity contribution in [2.75, 3.05) is 12.9 Å². The summed E-state index contributed by atoms with van der Waals surface area (Å²) in [6.45, 7) is 1.70. The minimum Gasteiger partial charge on any atom is -0.497 e. The zero-order valence-corrected chi connectivity index (χ0v) is 16.1. The first-order valence-corrected chi connectivity index (χ1v) is 9.24. The van der Waals surface area contributed by atoms with Gasteiger partial charge in [-0.2, -0.15) is 0 Å². The molecule has 0 saturated heterocycles. The van der Waals surface area contributed by atoms with Crippen LogP contribution >= 0.6 is 23.4 Å². The number of halogens is 1. The van der Waals surface area contributed by atoms with Crippen LogP contribution in [-0.4, -0.2) is 29.8 Å². The van der Waals surface area contributed by atoms with Crippen LogP contribution in [0, 0.1) is 0 Å². The lowest BCUT2D eigenvalue weighted by Gasteiger charge is -2.30. The summed E-state index contributed by atoms with van der Waals surface area (Å²) >= 11 is 7.20. The number of carbonyl (C=O) groups is 2. The van der Waals surface area contributed by atoms with E-state index in [1.807, 2.05) is 12.1 Å². The molecule has 7 heteroatoms. The SMILES string of the molecule is COc1cccc(C(C)(CC(=O)O)NC(=O)CSc2ccc(Cl)cc2)c1. The summed E-state index contributed by atoms with van der Waals surface area (Å²) in [7, 11) is 1.54. The lowest BCUT2D eigenvalue weighted by Crippen LogP contribution is -2.45. The molecule has 1 unspecified atom stereocenters. The highest BCUT2D eigenvalue weighted by Crippen LogP contribution is 2.28. The molecule has 0 aliphatic rings. The fourth-order valence-electron chi connectivity index (χ4n) is 2.51. The number of hydrogen-bond acceptors (Lipinski definition) is 4. The van der Waals surface area contributed by atoms with E-state index in [0.29, 0.717) is 16.3 Å². The monoisotopic (exact) mass is 393 g/mol. The molecule has 0 aliphatic heterocycles. The van der Waals surface area contributed by atoms with Crippen molar-refractivity contribution < 1.29 is 19.4 Å². The molecule has 0 saturated carbocycles. The highest BCUT2D eigenvalue weighted by Gasteiger charge is 2.31. The number of carboxylic acids is 1. The van der Waals surface area contributed by atoms with Crippen molar-refractivity contribution in [1.29, 1.82) is 0 Å². The van der Waals surface area contributed by atoms with E-state index in [0.717, 1.165) is 4.90 Å². The Balaban J connectivity index is 2.11. The largest absolute Gasteiger partial charge is 0.497 e. The van der Waals surface area contributed by atoms with Gasteiger partial charge in [0.05, 0.1) is 24.8 Å². The summed E-state index contributed by atoms with van der Waals surface area (Å²) in [6, 6.07) is 14.2. The Hall–Kier alpha value is -2.18. The lowest BCUT2D eigenvalue weighted by atomic mass is 9.88. The van der Waals surface area contributed by atoms with Crippen LogP contribution in [0.2, 0.25) is 5.02 Å². The van der Waals surface area contributed by atoms with Gasteiger partial charge in [0.1, 0.15) is 5.75 Å². The first kappa shape index (κ1) is 20.1. The number of benzene rings is 2. The molecule has 2 aromatic rings. The van der Waals surface area contributed by atoms with E-state index in [-0.39, 0.29) is 18.1 Å². The number of aliphatic carboxylic acids is 1. The van der Waals surface area contributed by atoms with Crippen molar-refractivity contribution in [3.63, 3.8) is 0 Å². The maximum atomic E-state index is 12.4. The van der Waals surface area contributed by atoms with Crippen LogP contribution in [0.25, 0.3) is 0 Å².